The molecule has 9 nitrogen and oxygen atoms in total. The first-order chi connectivity index (χ1) is 15.5. The number of hydrogen-bond donors (Lipinski definition) is 1. The molecule has 9 heteroatoms. The van der Waals surface area contributed by atoms with E-state index in [0.29, 0.717) is 44.3 Å². The fourth-order valence-corrected chi connectivity index (χ4v) is 3.63. The third-order valence-corrected chi connectivity index (χ3v) is 5.20. The number of esters is 1. The molecular formula is C23H31N3O6. The van der Waals surface area contributed by atoms with Gasteiger partial charge in [0.05, 0.1) is 25.3 Å². The third kappa shape index (κ3) is 6.00. The molecule has 2 unspecified atom stereocenters. The summed E-state index contributed by atoms with van der Waals surface area (Å²) in [5, 5.41) is 2.92. The van der Waals surface area contributed by atoms with Crippen LogP contribution in [0.1, 0.15) is 49.0 Å². The van der Waals surface area contributed by atoms with E-state index < -0.39 is 12.1 Å². The van der Waals surface area contributed by atoms with Crippen molar-refractivity contribution in [2.75, 3.05) is 31.2 Å². The lowest BCUT2D eigenvalue weighted by Gasteiger charge is -2.37. The molecule has 1 fully saturated rings. The zero-order valence-electron chi connectivity index (χ0n) is 18.8. The van der Waals surface area contributed by atoms with Gasteiger partial charge in [0, 0.05) is 19.6 Å². The van der Waals surface area contributed by atoms with Gasteiger partial charge in [0.15, 0.2) is 5.69 Å². The highest BCUT2D eigenvalue weighted by atomic mass is 16.6. The highest BCUT2D eigenvalue weighted by Gasteiger charge is 2.34. The van der Waals surface area contributed by atoms with Crippen LogP contribution in [0.2, 0.25) is 0 Å². The van der Waals surface area contributed by atoms with Crippen LogP contribution in [0.3, 0.4) is 0 Å². The van der Waals surface area contributed by atoms with Crippen LogP contribution in [0.4, 0.5) is 10.8 Å². The van der Waals surface area contributed by atoms with E-state index in [1.807, 2.05) is 49.1 Å². The van der Waals surface area contributed by atoms with Gasteiger partial charge in [-0.2, -0.15) is 4.98 Å². The SMILES string of the molecule is CCOC(=O)c1nc(N2CCC(NC(=O)OCc3ccccc3)C(OCC)C2)oc1CC. The van der Waals surface area contributed by atoms with Gasteiger partial charge >= 0.3 is 12.1 Å². The van der Waals surface area contributed by atoms with Crippen LogP contribution < -0.4 is 10.2 Å². The number of oxazole rings is 1. The first-order valence-corrected chi connectivity index (χ1v) is 11.1. The maximum Gasteiger partial charge on any atom is 0.407 e. The molecule has 1 aromatic heterocycles. The second kappa shape index (κ2) is 11.5. The van der Waals surface area contributed by atoms with Crippen LogP contribution in [0.25, 0.3) is 0 Å². The van der Waals surface area contributed by atoms with Gasteiger partial charge in [0.2, 0.25) is 0 Å². The van der Waals surface area contributed by atoms with Crippen molar-refractivity contribution >= 4 is 18.1 Å². The number of amides is 1. The molecule has 0 aliphatic carbocycles. The number of carbonyl (C=O) groups excluding carboxylic acids is 2. The quantitative estimate of drug-likeness (QED) is 0.587. The topological polar surface area (TPSA) is 103 Å². The lowest BCUT2D eigenvalue weighted by Crippen LogP contribution is -2.55. The van der Waals surface area contributed by atoms with E-state index in [2.05, 4.69) is 10.3 Å². The number of nitrogens with zero attached hydrogens (tertiary/aromatic N) is 2. The summed E-state index contributed by atoms with van der Waals surface area (Å²) >= 11 is 0. The van der Waals surface area contributed by atoms with Crippen molar-refractivity contribution in [1.82, 2.24) is 10.3 Å². The molecule has 0 bridgehead atoms. The van der Waals surface area contributed by atoms with E-state index in [1.165, 1.54) is 0 Å². The number of aryl methyl sites for hydroxylation is 1. The summed E-state index contributed by atoms with van der Waals surface area (Å²) in [7, 11) is 0. The molecule has 0 saturated carbocycles. The van der Waals surface area contributed by atoms with Crippen molar-refractivity contribution in [2.24, 2.45) is 0 Å². The summed E-state index contributed by atoms with van der Waals surface area (Å²) in [6.07, 6.45) is 0.386. The number of nitrogens with one attached hydrogen (secondary N) is 1. The number of aromatic nitrogens is 1. The smallest absolute Gasteiger partial charge is 0.407 e. The van der Waals surface area contributed by atoms with Crippen molar-refractivity contribution in [2.45, 2.75) is 52.4 Å². The number of ether oxygens (including phenoxy) is 3. The van der Waals surface area contributed by atoms with Crippen LogP contribution in [0, 0.1) is 0 Å². The number of anilines is 1. The molecule has 1 saturated heterocycles. The monoisotopic (exact) mass is 445 g/mol. The zero-order chi connectivity index (χ0) is 22.9. The minimum absolute atomic E-state index is 0.206. The Morgan fingerprint density at radius 2 is 1.94 bits per heavy atom. The standard InChI is InChI=1S/C23H31N3O6/c1-4-18-20(21(27)30-6-3)25-22(32-18)26-13-12-17(19(14-26)29-5-2)24-23(28)31-15-16-10-8-7-9-11-16/h7-11,17,19H,4-6,12-15H2,1-3H3,(H,24,28). The first-order valence-electron chi connectivity index (χ1n) is 11.1. The normalized spacial score (nSPS) is 18.3. The van der Waals surface area contributed by atoms with Crippen LogP contribution in [0.5, 0.6) is 0 Å². The van der Waals surface area contributed by atoms with Gasteiger partial charge in [-0.15, -0.1) is 0 Å². The zero-order valence-corrected chi connectivity index (χ0v) is 18.8. The van der Waals surface area contributed by atoms with Crippen LogP contribution in [-0.4, -0.2) is 55.5 Å². The van der Waals surface area contributed by atoms with E-state index in [1.54, 1.807) is 6.92 Å². The number of rotatable bonds is 9. The Kier molecular flexibility index (Phi) is 8.49. The molecule has 0 radical (unpaired) electrons. The van der Waals surface area contributed by atoms with E-state index in [9.17, 15) is 9.59 Å². The predicted octanol–water partition coefficient (Wildman–Crippen LogP) is 3.32. The molecular weight excluding hydrogens is 414 g/mol. The second-order valence-corrected chi connectivity index (χ2v) is 7.38. The Balaban J connectivity index is 1.62. The van der Waals surface area contributed by atoms with Crippen molar-refractivity contribution in [1.29, 1.82) is 0 Å². The Labute approximate surface area is 188 Å². The van der Waals surface area contributed by atoms with Gasteiger partial charge in [-0.1, -0.05) is 37.3 Å². The largest absolute Gasteiger partial charge is 0.461 e. The fourth-order valence-electron chi connectivity index (χ4n) is 3.63. The summed E-state index contributed by atoms with van der Waals surface area (Å²) in [6.45, 7) is 7.57. The van der Waals surface area contributed by atoms with Gasteiger partial charge in [0.1, 0.15) is 12.4 Å². The average molecular weight is 446 g/mol. The van der Waals surface area contributed by atoms with Crippen LogP contribution in [0.15, 0.2) is 34.7 Å². The molecule has 3 rings (SSSR count). The highest BCUT2D eigenvalue weighted by Crippen LogP contribution is 2.25. The van der Waals surface area contributed by atoms with E-state index >= 15 is 0 Å². The minimum atomic E-state index is -0.488. The van der Waals surface area contributed by atoms with Crippen molar-refractivity contribution in [3.8, 4) is 0 Å². The number of benzene rings is 1. The molecule has 1 N–H and O–H groups in total. The number of alkyl carbamates (subject to hydrolysis) is 1. The maximum absolute atomic E-state index is 12.3. The molecule has 1 aromatic carbocycles. The van der Waals surface area contributed by atoms with Crippen LogP contribution in [-0.2, 0) is 27.2 Å². The fraction of sp³-hybridized carbons (Fsp3) is 0.522. The van der Waals surface area contributed by atoms with Crippen LogP contribution >= 0.6 is 0 Å². The third-order valence-electron chi connectivity index (χ3n) is 5.20. The van der Waals surface area contributed by atoms with Gasteiger partial charge in [-0.25, -0.2) is 9.59 Å². The minimum Gasteiger partial charge on any atom is -0.461 e. The van der Waals surface area contributed by atoms with Gasteiger partial charge in [0.25, 0.3) is 6.01 Å². The number of carbonyl (C=O) groups is 2. The second-order valence-electron chi connectivity index (χ2n) is 7.38. The van der Waals surface area contributed by atoms with Gasteiger partial charge in [-0.05, 0) is 25.8 Å². The van der Waals surface area contributed by atoms with E-state index in [-0.39, 0.29) is 31.1 Å². The lowest BCUT2D eigenvalue weighted by atomic mass is 10.0. The summed E-state index contributed by atoms with van der Waals surface area (Å²) in [4.78, 5) is 30.8. The number of hydrogen-bond acceptors (Lipinski definition) is 8. The van der Waals surface area contributed by atoms with Gasteiger partial charge < -0.3 is 28.8 Å². The Morgan fingerprint density at radius 3 is 2.62 bits per heavy atom. The predicted molar refractivity (Wildman–Crippen MR) is 118 cm³/mol. The van der Waals surface area contributed by atoms with Crippen molar-refractivity contribution < 1.29 is 28.2 Å². The van der Waals surface area contributed by atoms with E-state index in [4.69, 9.17) is 18.6 Å². The Hall–Kier alpha value is -3.07. The van der Waals surface area contributed by atoms with E-state index in [0.717, 1.165) is 5.56 Å². The highest BCUT2D eigenvalue weighted by molar-refractivity contribution is 5.88. The van der Waals surface area contributed by atoms with Crippen molar-refractivity contribution in [3.05, 3.63) is 47.3 Å². The Morgan fingerprint density at radius 1 is 1.16 bits per heavy atom. The summed E-state index contributed by atoms with van der Waals surface area (Å²) in [5.74, 6) is 0.00886. The lowest BCUT2D eigenvalue weighted by molar-refractivity contribution is 0.0252. The van der Waals surface area contributed by atoms with Gasteiger partial charge in [-0.3, -0.25) is 0 Å². The maximum atomic E-state index is 12.3. The molecule has 0 spiro atoms. The summed E-state index contributed by atoms with van der Waals surface area (Å²) < 4.78 is 22.2. The molecule has 2 heterocycles. The summed E-state index contributed by atoms with van der Waals surface area (Å²) in [6, 6.07) is 9.67. The molecule has 32 heavy (non-hydrogen) atoms. The summed E-state index contributed by atoms with van der Waals surface area (Å²) in [5.41, 5.74) is 1.13. The van der Waals surface area contributed by atoms with Crippen molar-refractivity contribution in [3.63, 3.8) is 0 Å². The number of piperidine rings is 1. The average Bonchev–Trinajstić information content (AvgIpc) is 3.24. The molecule has 174 valence electrons. The molecule has 2 aromatic rings. The Bertz CT molecular complexity index is 885. The molecule has 1 aliphatic heterocycles. The first kappa shape index (κ1) is 23.6. The molecule has 1 aliphatic rings. The molecule has 1 amide bonds. The molecule has 2 atom stereocenters.